The molecule has 5 heteroatoms. The minimum absolute atomic E-state index is 0.205. The van der Waals surface area contributed by atoms with E-state index < -0.39 is 0 Å². The van der Waals surface area contributed by atoms with Crippen LogP contribution in [0.4, 0.5) is 5.82 Å². The fourth-order valence-corrected chi connectivity index (χ4v) is 1.90. The number of anilines is 1. The Balaban J connectivity index is 2.29. The summed E-state index contributed by atoms with van der Waals surface area (Å²) in [6, 6.07) is 5.23. The van der Waals surface area contributed by atoms with Gasteiger partial charge in [-0.15, -0.1) is 11.3 Å². The van der Waals surface area contributed by atoms with E-state index in [-0.39, 0.29) is 11.4 Å². The van der Waals surface area contributed by atoms with Gasteiger partial charge in [-0.25, -0.2) is 4.98 Å². The van der Waals surface area contributed by atoms with Gasteiger partial charge in [0.2, 0.25) is 0 Å². The van der Waals surface area contributed by atoms with E-state index >= 15 is 0 Å². The normalized spacial score (nSPS) is 10.3. The van der Waals surface area contributed by atoms with Gasteiger partial charge in [-0.2, -0.15) is 0 Å². The van der Waals surface area contributed by atoms with Crippen molar-refractivity contribution >= 4 is 17.2 Å². The largest absolute Gasteiger partial charge is 0.383 e. The lowest BCUT2D eigenvalue weighted by molar-refractivity contribution is 0.963. The first-order valence-electron chi connectivity index (χ1n) is 4.12. The molecule has 0 atom stereocenters. The number of nitrogen functional groups attached to an aromatic ring is 1. The lowest BCUT2D eigenvalue weighted by atomic mass is 10.3. The molecule has 0 unspecified atom stereocenters. The Bertz CT molecular complexity index is 475. The van der Waals surface area contributed by atoms with Gasteiger partial charge in [0.1, 0.15) is 11.6 Å². The lowest BCUT2D eigenvalue weighted by Crippen LogP contribution is -2.12. The Morgan fingerprint density at radius 2 is 2.43 bits per heavy atom. The van der Waals surface area contributed by atoms with Gasteiger partial charge >= 0.3 is 0 Å². The zero-order chi connectivity index (χ0) is 9.97. The molecule has 4 nitrogen and oxygen atoms in total. The molecular weight excluding hydrogens is 198 g/mol. The first-order chi connectivity index (χ1) is 6.74. The van der Waals surface area contributed by atoms with Crippen LogP contribution in [0.1, 0.15) is 10.7 Å². The van der Waals surface area contributed by atoms with Crippen molar-refractivity contribution in [1.82, 2.24) is 9.97 Å². The summed E-state index contributed by atoms with van der Waals surface area (Å²) in [5.74, 6) is 0.873. The molecule has 0 bridgehead atoms. The molecule has 2 rings (SSSR count). The van der Waals surface area contributed by atoms with Crippen LogP contribution in [-0.2, 0) is 6.42 Å². The maximum Gasteiger partial charge on any atom is 0.252 e. The molecule has 2 aromatic heterocycles. The summed E-state index contributed by atoms with van der Waals surface area (Å²) in [5, 5.41) is 1.99. The Hall–Kier alpha value is -1.62. The van der Waals surface area contributed by atoms with Gasteiger partial charge in [0, 0.05) is 17.4 Å². The van der Waals surface area contributed by atoms with E-state index in [4.69, 9.17) is 5.73 Å². The van der Waals surface area contributed by atoms with Gasteiger partial charge in [0.15, 0.2) is 0 Å². The van der Waals surface area contributed by atoms with Crippen molar-refractivity contribution in [3.63, 3.8) is 0 Å². The first kappa shape index (κ1) is 8.96. The van der Waals surface area contributed by atoms with Crippen molar-refractivity contribution in [3.05, 3.63) is 44.6 Å². The van der Waals surface area contributed by atoms with E-state index in [0.29, 0.717) is 12.2 Å². The second kappa shape index (κ2) is 3.63. The number of aromatic amines is 1. The molecule has 0 aliphatic heterocycles. The highest BCUT2D eigenvalue weighted by molar-refractivity contribution is 7.09. The molecule has 0 fully saturated rings. The predicted octanol–water partition coefficient (Wildman–Crippen LogP) is 1.00. The number of thiophene rings is 1. The molecule has 0 radical (unpaired) electrons. The van der Waals surface area contributed by atoms with Gasteiger partial charge in [0.25, 0.3) is 5.56 Å². The molecule has 0 spiro atoms. The molecule has 0 saturated heterocycles. The highest BCUT2D eigenvalue weighted by Gasteiger charge is 2.00. The van der Waals surface area contributed by atoms with Gasteiger partial charge in [-0.3, -0.25) is 4.79 Å². The summed E-state index contributed by atoms with van der Waals surface area (Å²) in [4.78, 5) is 18.9. The second-order valence-electron chi connectivity index (χ2n) is 2.87. The monoisotopic (exact) mass is 207 g/mol. The SMILES string of the molecule is Nc1cc(=O)[nH]c(Cc2cccs2)n1. The van der Waals surface area contributed by atoms with Crippen molar-refractivity contribution in [2.45, 2.75) is 6.42 Å². The van der Waals surface area contributed by atoms with E-state index in [0.717, 1.165) is 4.88 Å². The fraction of sp³-hybridized carbons (Fsp3) is 0.111. The zero-order valence-electron chi connectivity index (χ0n) is 7.36. The molecular formula is C9H9N3OS. The fourth-order valence-electron chi connectivity index (χ4n) is 1.19. The number of H-pyrrole nitrogens is 1. The van der Waals surface area contributed by atoms with Crippen LogP contribution in [0.25, 0.3) is 0 Å². The quantitative estimate of drug-likeness (QED) is 0.771. The van der Waals surface area contributed by atoms with Gasteiger partial charge in [-0.1, -0.05) is 6.07 Å². The molecule has 0 amide bonds. The highest BCUT2D eigenvalue weighted by atomic mass is 32.1. The smallest absolute Gasteiger partial charge is 0.252 e. The Labute approximate surface area is 84.4 Å². The van der Waals surface area contributed by atoms with Gasteiger partial charge in [0.05, 0.1) is 0 Å². The Kier molecular flexibility index (Phi) is 2.32. The molecule has 3 N–H and O–H groups in total. The third kappa shape index (κ3) is 2.00. The Morgan fingerprint density at radius 3 is 3.07 bits per heavy atom. The summed E-state index contributed by atoms with van der Waals surface area (Å²) in [6.45, 7) is 0. The summed E-state index contributed by atoms with van der Waals surface area (Å²) in [5.41, 5.74) is 5.26. The van der Waals surface area contributed by atoms with Crippen LogP contribution in [0.2, 0.25) is 0 Å². The average Bonchev–Trinajstić information content (AvgIpc) is 2.54. The van der Waals surface area contributed by atoms with Gasteiger partial charge in [-0.05, 0) is 11.4 Å². The molecule has 72 valence electrons. The Morgan fingerprint density at radius 1 is 1.57 bits per heavy atom. The van der Waals surface area contributed by atoms with Crippen LogP contribution in [0.3, 0.4) is 0 Å². The predicted molar refractivity (Wildman–Crippen MR) is 56.4 cm³/mol. The van der Waals surface area contributed by atoms with E-state index in [2.05, 4.69) is 9.97 Å². The number of hydrogen-bond donors (Lipinski definition) is 2. The number of nitrogens with zero attached hydrogens (tertiary/aromatic N) is 1. The van der Waals surface area contributed by atoms with Crippen molar-refractivity contribution in [2.75, 3.05) is 5.73 Å². The van der Waals surface area contributed by atoms with Crippen molar-refractivity contribution in [3.8, 4) is 0 Å². The minimum atomic E-state index is -0.205. The molecule has 0 aliphatic rings. The number of nitrogens with two attached hydrogens (primary N) is 1. The highest BCUT2D eigenvalue weighted by Crippen LogP contribution is 2.11. The molecule has 14 heavy (non-hydrogen) atoms. The zero-order valence-corrected chi connectivity index (χ0v) is 8.17. The van der Waals surface area contributed by atoms with Crippen LogP contribution in [0.5, 0.6) is 0 Å². The van der Waals surface area contributed by atoms with E-state index in [1.54, 1.807) is 11.3 Å². The topological polar surface area (TPSA) is 71.8 Å². The molecule has 0 saturated carbocycles. The molecule has 0 aromatic carbocycles. The maximum atomic E-state index is 11.1. The molecule has 2 aromatic rings. The summed E-state index contributed by atoms with van der Waals surface area (Å²) >= 11 is 1.63. The second-order valence-corrected chi connectivity index (χ2v) is 3.91. The van der Waals surface area contributed by atoms with Crippen molar-refractivity contribution in [1.29, 1.82) is 0 Å². The van der Waals surface area contributed by atoms with Crippen LogP contribution in [0, 0.1) is 0 Å². The maximum absolute atomic E-state index is 11.1. The number of hydrogen-bond acceptors (Lipinski definition) is 4. The summed E-state index contributed by atoms with van der Waals surface area (Å²) in [7, 11) is 0. The van der Waals surface area contributed by atoms with Crippen LogP contribution in [-0.4, -0.2) is 9.97 Å². The van der Waals surface area contributed by atoms with E-state index in [1.807, 2.05) is 17.5 Å². The van der Waals surface area contributed by atoms with E-state index in [9.17, 15) is 4.79 Å². The lowest BCUT2D eigenvalue weighted by Gasteiger charge is -1.98. The summed E-state index contributed by atoms with van der Waals surface area (Å²) < 4.78 is 0. The van der Waals surface area contributed by atoms with Gasteiger partial charge < -0.3 is 10.7 Å². The molecule has 0 aliphatic carbocycles. The number of rotatable bonds is 2. The average molecular weight is 207 g/mol. The van der Waals surface area contributed by atoms with E-state index in [1.165, 1.54) is 6.07 Å². The first-order valence-corrected chi connectivity index (χ1v) is 5.00. The van der Waals surface area contributed by atoms with Crippen LogP contribution < -0.4 is 11.3 Å². The minimum Gasteiger partial charge on any atom is -0.383 e. The van der Waals surface area contributed by atoms with Crippen LogP contribution >= 0.6 is 11.3 Å². The third-order valence-electron chi connectivity index (χ3n) is 1.73. The number of nitrogens with one attached hydrogen (secondary N) is 1. The van der Waals surface area contributed by atoms with Crippen molar-refractivity contribution < 1.29 is 0 Å². The third-order valence-corrected chi connectivity index (χ3v) is 2.61. The number of aromatic nitrogens is 2. The summed E-state index contributed by atoms with van der Waals surface area (Å²) in [6.07, 6.45) is 0.623. The van der Waals surface area contributed by atoms with Crippen molar-refractivity contribution in [2.24, 2.45) is 0 Å². The standard InChI is InChI=1S/C9H9N3OS/c10-7-5-9(13)12-8(11-7)4-6-2-1-3-14-6/h1-3,5H,4H2,(H3,10,11,12,13). The van der Waals surface area contributed by atoms with Crippen LogP contribution in [0.15, 0.2) is 28.4 Å². The molecule has 2 heterocycles.